The second-order valence-corrected chi connectivity index (χ2v) is 10.2. The molecule has 1 heteroatoms. The van der Waals surface area contributed by atoms with Gasteiger partial charge in [-0.25, -0.2) is 0 Å². The number of allylic oxidation sites excluding steroid dienone is 4. The van der Waals surface area contributed by atoms with E-state index >= 15 is 0 Å². The third-order valence-corrected chi connectivity index (χ3v) is 7.69. The normalized spacial score (nSPS) is 19.5. The van der Waals surface area contributed by atoms with Gasteiger partial charge in [0, 0.05) is 0 Å². The fourth-order valence-electron chi connectivity index (χ4n) is 4.68. The van der Waals surface area contributed by atoms with Crippen molar-refractivity contribution in [3.63, 3.8) is 0 Å². The van der Waals surface area contributed by atoms with Gasteiger partial charge in [-0.1, -0.05) is 0 Å². The van der Waals surface area contributed by atoms with E-state index in [0.717, 1.165) is 0 Å². The standard InChI is InChI=1S/C20H35.Na/c1-11(2)16-17(12(3)4)19(14(7)8)20(15(9)10)18(16)13(5)6;/h11-15H,1-10H3;. The summed E-state index contributed by atoms with van der Waals surface area (Å²) in [5, 5.41) is 0. The van der Waals surface area contributed by atoms with Crippen molar-refractivity contribution >= 4 is 27.9 Å². The van der Waals surface area contributed by atoms with Crippen LogP contribution in [0.4, 0.5) is 0 Å². The van der Waals surface area contributed by atoms with Gasteiger partial charge in [-0.15, -0.1) is 0 Å². The van der Waals surface area contributed by atoms with Crippen LogP contribution in [-0.4, -0.2) is 27.9 Å². The molecule has 0 N–H and O–H groups in total. The van der Waals surface area contributed by atoms with Gasteiger partial charge >= 0.3 is 152 Å². The van der Waals surface area contributed by atoms with Crippen LogP contribution in [0.3, 0.4) is 0 Å². The topological polar surface area (TPSA) is 0 Å². The van der Waals surface area contributed by atoms with Crippen molar-refractivity contribution < 1.29 is 0 Å². The molecule has 0 saturated carbocycles. The minimum absolute atomic E-state index is 0.377. The van der Waals surface area contributed by atoms with Crippen molar-refractivity contribution in [1.82, 2.24) is 0 Å². The Labute approximate surface area is 151 Å². The van der Waals surface area contributed by atoms with E-state index in [2.05, 4.69) is 69.2 Å². The molecule has 0 spiro atoms. The van der Waals surface area contributed by atoms with Crippen LogP contribution in [-0.2, 0) is 0 Å². The molecule has 1 aliphatic carbocycles. The van der Waals surface area contributed by atoms with Crippen LogP contribution in [0.5, 0.6) is 0 Å². The zero-order valence-electron chi connectivity index (χ0n) is 16.4. The molecule has 0 saturated heterocycles. The first-order valence-electron chi connectivity index (χ1n) is 8.97. The predicted molar refractivity (Wildman–Crippen MR) is 96.7 cm³/mol. The Kier molecular flexibility index (Phi) is 6.45. The fourth-order valence-corrected chi connectivity index (χ4v) is 6.38. The first-order chi connectivity index (χ1) is 9.47. The van der Waals surface area contributed by atoms with Crippen molar-refractivity contribution in [3.8, 4) is 0 Å². The Morgan fingerprint density at radius 2 is 0.857 bits per heavy atom. The van der Waals surface area contributed by atoms with Crippen molar-refractivity contribution in [2.45, 2.75) is 71.9 Å². The van der Waals surface area contributed by atoms with Crippen LogP contribution >= 0.6 is 0 Å². The molecule has 0 aromatic rings. The van der Waals surface area contributed by atoms with Crippen molar-refractivity contribution in [1.29, 1.82) is 0 Å². The van der Waals surface area contributed by atoms with Crippen molar-refractivity contribution in [3.05, 3.63) is 22.3 Å². The molecule has 21 heavy (non-hydrogen) atoms. The zero-order chi connectivity index (χ0) is 16.7. The Morgan fingerprint density at radius 1 is 0.571 bits per heavy atom. The summed E-state index contributed by atoms with van der Waals surface area (Å²) in [5.41, 5.74) is 7.00. The summed E-state index contributed by atoms with van der Waals surface area (Å²) in [6.45, 7) is 24.1. The predicted octanol–water partition coefficient (Wildman–Crippen LogP) is 6.20. The average molecular weight is 298 g/mol. The molecule has 0 radical (unpaired) electrons. The molecule has 0 unspecified atom stereocenters. The van der Waals surface area contributed by atoms with Gasteiger partial charge in [0.1, 0.15) is 0 Å². The molecule has 0 amide bonds. The number of rotatable bonds is 5. The second-order valence-electron chi connectivity index (χ2n) is 8.63. The fraction of sp³-hybridized carbons (Fsp3) is 0.800. The van der Waals surface area contributed by atoms with E-state index in [1.807, 2.05) is 0 Å². The van der Waals surface area contributed by atoms with E-state index in [-0.39, 0.29) is 0 Å². The van der Waals surface area contributed by atoms with Gasteiger partial charge in [0.2, 0.25) is 0 Å². The molecule has 0 aromatic carbocycles. The van der Waals surface area contributed by atoms with E-state index < -0.39 is 0 Å². The third-order valence-electron chi connectivity index (χ3n) is 5.45. The molecular formula is C20H35Na. The molecule has 1 aliphatic rings. The molecule has 0 aromatic heterocycles. The average Bonchev–Trinajstić information content (AvgIpc) is 2.60. The Balaban J connectivity index is 3.81. The van der Waals surface area contributed by atoms with Crippen molar-refractivity contribution in [2.24, 2.45) is 29.6 Å². The van der Waals surface area contributed by atoms with Crippen LogP contribution in [0, 0.1) is 29.6 Å². The van der Waals surface area contributed by atoms with Gasteiger partial charge in [-0.05, 0) is 0 Å². The first kappa shape index (κ1) is 19.5. The molecular weight excluding hydrogens is 263 g/mol. The summed E-state index contributed by atoms with van der Waals surface area (Å²) in [6.07, 6.45) is 0. The van der Waals surface area contributed by atoms with Crippen LogP contribution < -0.4 is 0 Å². The van der Waals surface area contributed by atoms with Gasteiger partial charge in [0.25, 0.3) is 0 Å². The monoisotopic (exact) mass is 298 g/mol. The van der Waals surface area contributed by atoms with E-state index in [4.69, 9.17) is 0 Å². The Hall–Kier alpha value is 0.480. The number of hydrogen-bond acceptors (Lipinski definition) is 0. The molecule has 0 fully saturated rings. The van der Waals surface area contributed by atoms with E-state index in [1.54, 1.807) is 22.3 Å². The van der Waals surface area contributed by atoms with Crippen LogP contribution in [0.15, 0.2) is 22.3 Å². The minimum atomic E-state index is 0.377. The maximum atomic E-state index is 2.44. The molecule has 0 aliphatic heterocycles. The third kappa shape index (κ3) is 3.24. The molecule has 0 nitrogen and oxygen atoms in total. The van der Waals surface area contributed by atoms with E-state index in [1.165, 1.54) is 27.9 Å². The summed E-state index contributed by atoms with van der Waals surface area (Å²) in [4.78, 5) is 0. The zero-order valence-corrected chi connectivity index (χ0v) is 18.4. The molecule has 0 atom stereocenters. The summed E-state index contributed by atoms with van der Waals surface area (Å²) in [6, 6.07) is 0. The molecule has 116 valence electrons. The Morgan fingerprint density at radius 3 is 1.00 bits per heavy atom. The van der Waals surface area contributed by atoms with Gasteiger partial charge in [-0.2, -0.15) is 0 Å². The van der Waals surface area contributed by atoms with Crippen LogP contribution in [0.1, 0.15) is 69.2 Å². The summed E-state index contributed by atoms with van der Waals surface area (Å²) >= 11 is 1.23. The first-order valence-corrected chi connectivity index (χ1v) is 9.97. The number of hydrogen-bond donors (Lipinski definition) is 0. The van der Waals surface area contributed by atoms with Crippen LogP contribution in [0.25, 0.3) is 0 Å². The van der Waals surface area contributed by atoms with E-state index in [9.17, 15) is 0 Å². The second kappa shape index (κ2) is 6.93. The van der Waals surface area contributed by atoms with Crippen LogP contribution in [0.2, 0.25) is 2.66 Å². The summed E-state index contributed by atoms with van der Waals surface area (Å²) < 4.78 is 0.377. The van der Waals surface area contributed by atoms with Gasteiger partial charge in [-0.3, -0.25) is 0 Å². The maximum absolute atomic E-state index is 2.44. The SMILES string of the molecule is CC(C)C1=C(C(C)C)[C]([Na])(C(C)C)C(C(C)C)=C1C(C)C. The van der Waals surface area contributed by atoms with E-state index in [0.29, 0.717) is 32.3 Å². The summed E-state index contributed by atoms with van der Waals surface area (Å²) in [7, 11) is 0. The van der Waals surface area contributed by atoms with Gasteiger partial charge in [0.05, 0.1) is 0 Å². The van der Waals surface area contributed by atoms with Gasteiger partial charge in [0.15, 0.2) is 0 Å². The molecule has 0 heterocycles. The quantitative estimate of drug-likeness (QED) is 0.530. The summed E-state index contributed by atoms with van der Waals surface area (Å²) in [5.74, 6) is 3.31. The van der Waals surface area contributed by atoms with Gasteiger partial charge < -0.3 is 0 Å². The molecule has 0 bridgehead atoms. The van der Waals surface area contributed by atoms with Crippen molar-refractivity contribution in [2.75, 3.05) is 0 Å². The Bertz CT molecular complexity index is 408. The molecule has 1 rings (SSSR count).